The first kappa shape index (κ1) is 20.5. The second-order valence-corrected chi connectivity index (χ2v) is 6.53. The molecule has 0 radical (unpaired) electrons. The Balaban J connectivity index is 2.38. The summed E-state index contributed by atoms with van der Waals surface area (Å²) in [6.07, 6.45) is 12.4. The Morgan fingerprint density at radius 2 is 1.54 bits per heavy atom. The Kier molecular flexibility index (Phi) is 11.0. The van der Waals surface area contributed by atoms with E-state index in [-0.39, 0.29) is 5.75 Å². The van der Waals surface area contributed by atoms with Gasteiger partial charge in [0.15, 0.2) is 0 Å². The Bertz CT molecular complexity index is 468. The van der Waals surface area contributed by atoms with Crippen LogP contribution in [0.2, 0.25) is 0 Å². The van der Waals surface area contributed by atoms with Crippen LogP contribution in [-0.4, -0.2) is 17.7 Å². The van der Waals surface area contributed by atoms with Crippen molar-refractivity contribution >= 4 is 5.97 Å². The number of phenolic OH excluding ortho intramolecular Hbond substituents is 1. The molecule has 1 aromatic carbocycles. The summed E-state index contributed by atoms with van der Waals surface area (Å²) in [7, 11) is 0. The summed E-state index contributed by atoms with van der Waals surface area (Å²) in [6.45, 7) is 4.81. The van der Waals surface area contributed by atoms with Crippen molar-refractivity contribution in [2.24, 2.45) is 0 Å². The second-order valence-electron chi connectivity index (χ2n) is 6.53. The average molecular weight is 335 g/mol. The first-order valence-corrected chi connectivity index (χ1v) is 9.68. The molecule has 0 unspecified atom stereocenters. The molecule has 0 aromatic heterocycles. The smallest absolute Gasteiger partial charge is 0.341 e. The quantitative estimate of drug-likeness (QED) is 0.354. The Labute approximate surface area is 147 Å². The maximum Gasteiger partial charge on any atom is 0.341 e. The first-order valence-electron chi connectivity index (χ1n) is 9.68. The van der Waals surface area contributed by atoms with Gasteiger partial charge in [0.25, 0.3) is 0 Å². The molecular formula is C21H34O3. The predicted molar refractivity (Wildman–Crippen MR) is 99.6 cm³/mol. The molecule has 3 nitrogen and oxygen atoms in total. The lowest BCUT2D eigenvalue weighted by Crippen LogP contribution is -2.07. The van der Waals surface area contributed by atoms with Crippen molar-refractivity contribution in [3.05, 3.63) is 29.3 Å². The van der Waals surface area contributed by atoms with E-state index >= 15 is 0 Å². The van der Waals surface area contributed by atoms with Crippen molar-refractivity contribution in [3.63, 3.8) is 0 Å². The van der Waals surface area contributed by atoms with Crippen molar-refractivity contribution in [2.45, 2.75) is 84.5 Å². The maximum atomic E-state index is 12.1. The first-order chi connectivity index (χ1) is 11.7. The molecule has 0 saturated carbocycles. The van der Waals surface area contributed by atoms with Gasteiger partial charge < -0.3 is 9.84 Å². The molecular weight excluding hydrogens is 300 g/mol. The number of benzene rings is 1. The van der Waals surface area contributed by atoms with Crippen molar-refractivity contribution < 1.29 is 14.6 Å². The van der Waals surface area contributed by atoms with Crippen LogP contribution in [0, 0.1) is 0 Å². The van der Waals surface area contributed by atoms with Crippen molar-refractivity contribution in [3.8, 4) is 5.75 Å². The molecule has 0 bridgehead atoms. The lowest BCUT2D eigenvalue weighted by molar-refractivity contribution is 0.0494. The number of phenols is 1. The summed E-state index contributed by atoms with van der Waals surface area (Å²) in [6, 6.07) is 5.37. The number of ether oxygens (including phenoxy) is 1. The second kappa shape index (κ2) is 12.9. The zero-order valence-corrected chi connectivity index (χ0v) is 15.5. The van der Waals surface area contributed by atoms with Gasteiger partial charge >= 0.3 is 5.97 Å². The van der Waals surface area contributed by atoms with E-state index in [0.717, 1.165) is 37.7 Å². The molecule has 1 N–H and O–H groups in total. The fraction of sp³-hybridized carbons (Fsp3) is 0.667. The molecule has 136 valence electrons. The summed E-state index contributed by atoms with van der Waals surface area (Å²) in [5.74, 6) is -0.307. The molecule has 0 aliphatic rings. The largest absolute Gasteiger partial charge is 0.507 e. The van der Waals surface area contributed by atoms with Crippen molar-refractivity contribution in [1.82, 2.24) is 0 Å². The molecule has 24 heavy (non-hydrogen) atoms. The van der Waals surface area contributed by atoms with Gasteiger partial charge in [0.2, 0.25) is 0 Å². The van der Waals surface area contributed by atoms with Gasteiger partial charge in [-0.15, -0.1) is 0 Å². The minimum absolute atomic E-state index is 0.0990. The summed E-state index contributed by atoms with van der Waals surface area (Å²) < 4.78 is 5.31. The number of rotatable bonds is 13. The highest BCUT2D eigenvalue weighted by Gasteiger charge is 2.15. The normalized spacial score (nSPS) is 10.8. The zero-order valence-electron chi connectivity index (χ0n) is 15.5. The Morgan fingerprint density at radius 3 is 2.25 bits per heavy atom. The fourth-order valence-electron chi connectivity index (χ4n) is 2.83. The van der Waals surface area contributed by atoms with E-state index in [1.165, 1.54) is 38.5 Å². The number of carbonyl (C=O) groups excluding carboxylic acids is 1. The van der Waals surface area contributed by atoms with E-state index in [9.17, 15) is 9.90 Å². The summed E-state index contributed by atoms with van der Waals surface area (Å²) >= 11 is 0. The number of hydrogen-bond donors (Lipinski definition) is 1. The van der Waals surface area contributed by atoms with E-state index < -0.39 is 5.97 Å². The van der Waals surface area contributed by atoms with Crippen LogP contribution < -0.4 is 0 Å². The number of esters is 1. The standard InChI is InChI=1S/C21H34O3/c1-3-5-7-9-10-12-17-24-21(23)19-16-13-15-18(20(19)22)14-11-8-6-4-2/h13,15-16,22H,3-12,14,17H2,1-2H3. The molecule has 0 saturated heterocycles. The Morgan fingerprint density at radius 1 is 0.917 bits per heavy atom. The monoisotopic (exact) mass is 334 g/mol. The van der Waals surface area contributed by atoms with Crippen LogP contribution in [0.25, 0.3) is 0 Å². The summed E-state index contributed by atoms with van der Waals surface area (Å²) in [5, 5.41) is 10.3. The number of aryl methyl sites for hydroxylation is 1. The van der Waals surface area contributed by atoms with Gasteiger partial charge in [-0.05, 0) is 30.9 Å². The average Bonchev–Trinajstić information content (AvgIpc) is 2.59. The molecule has 0 atom stereocenters. The van der Waals surface area contributed by atoms with Crippen LogP contribution in [0.5, 0.6) is 5.75 Å². The summed E-state index contributed by atoms with van der Waals surface area (Å²) in [5.41, 5.74) is 1.15. The predicted octanol–water partition coefficient (Wildman–Crippen LogP) is 6.03. The molecule has 0 aliphatic heterocycles. The molecule has 1 aromatic rings. The van der Waals surface area contributed by atoms with Crippen molar-refractivity contribution in [1.29, 1.82) is 0 Å². The highest BCUT2D eigenvalue weighted by Crippen LogP contribution is 2.25. The zero-order chi connectivity index (χ0) is 17.6. The van der Waals surface area contributed by atoms with E-state index in [1.54, 1.807) is 6.07 Å². The SMILES string of the molecule is CCCCCCCCOC(=O)c1cccc(CCCCCC)c1O. The van der Waals surface area contributed by atoms with Crippen LogP contribution in [0.4, 0.5) is 0 Å². The van der Waals surface area contributed by atoms with E-state index in [2.05, 4.69) is 13.8 Å². The van der Waals surface area contributed by atoms with Gasteiger partial charge in [-0.3, -0.25) is 0 Å². The third-order valence-corrected chi connectivity index (χ3v) is 4.37. The minimum Gasteiger partial charge on any atom is -0.507 e. The summed E-state index contributed by atoms with van der Waals surface area (Å²) in [4.78, 5) is 12.1. The molecule has 0 aliphatic carbocycles. The van der Waals surface area contributed by atoms with Gasteiger partial charge in [0, 0.05) is 0 Å². The van der Waals surface area contributed by atoms with Crippen molar-refractivity contribution in [2.75, 3.05) is 6.61 Å². The molecule has 0 amide bonds. The van der Waals surface area contributed by atoms with Gasteiger partial charge in [0.05, 0.1) is 6.61 Å². The van der Waals surface area contributed by atoms with Gasteiger partial charge in [0.1, 0.15) is 11.3 Å². The van der Waals surface area contributed by atoms with Gasteiger partial charge in [-0.25, -0.2) is 4.79 Å². The van der Waals surface area contributed by atoms with E-state index in [0.29, 0.717) is 12.2 Å². The van der Waals surface area contributed by atoms with E-state index in [1.807, 2.05) is 12.1 Å². The number of unbranched alkanes of at least 4 members (excludes halogenated alkanes) is 8. The lowest BCUT2D eigenvalue weighted by Gasteiger charge is -2.10. The maximum absolute atomic E-state index is 12.1. The van der Waals surface area contributed by atoms with Crippen LogP contribution in [0.1, 0.15) is 94.0 Å². The fourth-order valence-corrected chi connectivity index (χ4v) is 2.83. The molecule has 0 spiro atoms. The molecule has 0 fully saturated rings. The number of para-hydroxylation sites is 1. The highest BCUT2D eigenvalue weighted by atomic mass is 16.5. The van der Waals surface area contributed by atoms with Crippen LogP contribution in [-0.2, 0) is 11.2 Å². The van der Waals surface area contributed by atoms with Gasteiger partial charge in [-0.2, -0.15) is 0 Å². The number of hydrogen-bond acceptors (Lipinski definition) is 3. The van der Waals surface area contributed by atoms with E-state index in [4.69, 9.17) is 4.74 Å². The van der Waals surface area contributed by atoms with Crippen LogP contribution >= 0.6 is 0 Å². The molecule has 1 rings (SSSR count). The topological polar surface area (TPSA) is 46.5 Å². The van der Waals surface area contributed by atoms with Crippen LogP contribution in [0.15, 0.2) is 18.2 Å². The lowest BCUT2D eigenvalue weighted by atomic mass is 10.0. The third-order valence-electron chi connectivity index (χ3n) is 4.37. The molecule has 3 heteroatoms. The third kappa shape index (κ3) is 7.85. The molecule has 0 heterocycles. The Hall–Kier alpha value is -1.51. The van der Waals surface area contributed by atoms with Crippen LogP contribution in [0.3, 0.4) is 0 Å². The highest BCUT2D eigenvalue weighted by molar-refractivity contribution is 5.92. The van der Waals surface area contributed by atoms with Gasteiger partial charge in [-0.1, -0.05) is 77.3 Å². The number of carbonyl (C=O) groups is 1. The minimum atomic E-state index is -0.406. The number of aromatic hydroxyl groups is 1.